The molecule has 0 aromatic heterocycles. The quantitative estimate of drug-likeness (QED) is 0.0911. The van der Waals surface area contributed by atoms with E-state index < -0.39 is 92.6 Å². The van der Waals surface area contributed by atoms with Crippen molar-refractivity contribution in [1.29, 1.82) is 5.41 Å². The number of nitrogens with two attached hydrogens (primary N) is 1. The Morgan fingerprint density at radius 2 is 1.77 bits per heavy atom. The first-order valence-corrected chi connectivity index (χ1v) is 12.5. The molecule has 0 aromatic rings. The highest BCUT2D eigenvalue weighted by Gasteiger charge is 2.53. The van der Waals surface area contributed by atoms with Crippen LogP contribution in [0.5, 0.6) is 0 Å². The monoisotopic (exact) mass is 575 g/mol. The molecule has 1 radical (unpaired) electrons. The van der Waals surface area contributed by atoms with Gasteiger partial charge in [0.2, 0.25) is 18.1 Å². The third-order valence-electron chi connectivity index (χ3n) is 6.66. The first kappa shape index (κ1) is 33.5. The second kappa shape index (κ2) is 14.8. The number of aliphatic hydroxyl groups is 7. The van der Waals surface area contributed by atoms with Gasteiger partial charge in [-0.2, -0.15) is 0 Å². The smallest absolute Gasteiger partial charge is 0.246 e. The first-order valence-electron chi connectivity index (χ1n) is 12.5. The number of carbonyl (C=O) groups excluding carboxylic acids is 3. The highest BCUT2D eigenvalue weighted by Crippen LogP contribution is 2.30. The normalized spacial score (nSPS) is 29.8. The van der Waals surface area contributed by atoms with Crippen molar-refractivity contribution in [2.45, 2.75) is 74.8 Å². The van der Waals surface area contributed by atoms with Crippen molar-refractivity contribution in [2.75, 3.05) is 32.9 Å². The van der Waals surface area contributed by atoms with Crippen LogP contribution in [-0.4, -0.2) is 163 Å². The van der Waals surface area contributed by atoms with Gasteiger partial charge in [0, 0.05) is 13.1 Å². The van der Waals surface area contributed by atoms with Crippen molar-refractivity contribution in [2.24, 2.45) is 5.73 Å². The Kier molecular flexibility index (Phi) is 12.4. The molecule has 0 spiro atoms. The average Bonchev–Trinajstić information content (AvgIpc) is 3.26. The van der Waals surface area contributed by atoms with Gasteiger partial charge in [0.1, 0.15) is 48.6 Å². The summed E-state index contributed by atoms with van der Waals surface area (Å²) in [6.45, 7) is 1.18. The van der Waals surface area contributed by atoms with E-state index >= 15 is 0 Å². The molecule has 2 fully saturated rings. The largest absolute Gasteiger partial charge is 0.394 e. The fraction of sp³-hybridized carbons (Fsp3) is 0.739. The van der Waals surface area contributed by atoms with E-state index in [4.69, 9.17) is 15.9 Å². The molecule has 2 unspecified atom stereocenters. The molecular weight excluding hydrogens is 536 g/mol. The molecule has 10 atom stereocenters. The summed E-state index contributed by atoms with van der Waals surface area (Å²) in [4.78, 5) is 39.1. The number of nitrogens with zero attached hydrogens (tertiary/aromatic N) is 2. The summed E-state index contributed by atoms with van der Waals surface area (Å²) in [5.41, 5.74) is 6.43. The highest BCUT2D eigenvalue weighted by molar-refractivity contribution is 5.91. The van der Waals surface area contributed by atoms with Crippen LogP contribution < -0.4 is 16.4 Å². The van der Waals surface area contributed by atoms with E-state index in [1.54, 1.807) is 6.08 Å². The van der Waals surface area contributed by atoms with Crippen LogP contribution in [0.1, 0.15) is 13.8 Å². The molecular formula is C23H39N6O11. The minimum Gasteiger partial charge on any atom is -0.394 e. The van der Waals surface area contributed by atoms with Crippen molar-refractivity contribution in [3.63, 3.8) is 0 Å². The maximum atomic E-state index is 13.1. The molecule has 17 nitrogen and oxygen atoms in total. The lowest BCUT2D eigenvalue weighted by molar-refractivity contribution is -0.260. The number of aliphatic hydroxyl groups excluding tert-OH is 7. The van der Waals surface area contributed by atoms with Gasteiger partial charge in [0.05, 0.1) is 25.9 Å². The van der Waals surface area contributed by atoms with E-state index in [0.29, 0.717) is 0 Å². The van der Waals surface area contributed by atoms with Gasteiger partial charge < -0.3 is 66.6 Å². The molecule has 0 saturated carbocycles. The second-order valence-corrected chi connectivity index (χ2v) is 9.83. The zero-order chi connectivity index (χ0) is 30.3. The van der Waals surface area contributed by atoms with Crippen LogP contribution in [0.15, 0.2) is 11.6 Å². The third kappa shape index (κ3) is 7.50. The molecule has 17 heteroatoms. The van der Waals surface area contributed by atoms with E-state index in [2.05, 4.69) is 10.6 Å². The molecule has 40 heavy (non-hydrogen) atoms. The number of hydrogen-bond donors (Lipinski definition) is 11. The Labute approximate surface area is 230 Å². The van der Waals surface area contributed by atoms with E-state index in [0.717, 1.165) is 10.5 Å². The molecule has 2 aliphatic heterocycles. The van der Waals surface area contributed by atoms with Crippen LogP contribution in [0.2, 0.25) is 0 Å². The number of carbonyl (C=O) groups is 2. The number of allylic oxidation sites excluding steroid dienone is 1. The fourth-order valence-electron chi connectivity index (χ4n) is 4.31. The van der Waals surface area contributed by atoms with Gasteiger partial charge in [-0.3, -0.25) is 19.8 Å². The molecule has 2 rings (SSSR count). The molecule has 2 aliphatic rings. The van der Waals surface area contributed by atoms with Crippen molar-refractivity contribution in [3.8, 4) is 0 Å². The number of rotatable bonds is 13. The SMILES string of the molecule is CC(C)=CCN1CC(C(O)[C@@H](NC(=O)[C@@H](N)CO)C(=O)N[C@H]([C]=O)CO)N([C@H]2O[C@H](CO)[C@@H](O)[C@H](O)[C@@H]2O)C1=N. The summed E-state index contributed by atoms with van der Waals surface area (Å²) in [7, 11) is 0. The number of ether oxygens (including phenoxy) is 1. The number of amides is 2. The van der Waals surface area contributed by atoms with Crippen LogP contribution in [0.4, 0.5) is 0 Å². The summed E-state index contributed by atoms with van der Waals surface area (Å²) in [5.74, 6) is -2.51. The average molecular weight is 576 g/mol. The van der Waals surface area contributed by atoms with Gasteiger partial charge >= 0.3 is 0 Å². The van der Waals surface area contributed by atoms with E-state index in [1.807, 2.05) is 13.8 Å². The van der Waals surface area contributed by atoms with Crippen LogP contribution >= 0.6 is 0 Å². The maximum absolute atomic E-state index is 13.1. The molecule has 12 N–H and O–H groups in total. The standard InChI is InChI=1S/C23H39N6O11/c1-10(2)3-4-28-5-13(29(23(28)25)22-19(37)18(36)17(35)14(9-33)40-22)16(34)15(27-20(38)12(24)8-32)21(39)26-11(6-30)7-31/h3,11-19,22,25,30,32-37H,4-6,8-9,24H2,1-2H3,(H,26,39)(H,27,38)/t11-,12-,13?,14+,15+,16?,17+,18-,19-,22-/m0/s1. The minimum atomic E-state index is -1.91. The molecule has 227 valence electrons. The lowest BCUT2D eigenvalue weighted by Gasteiger charge is -2.46. The fourth-order valence-corrected chi connectivity index (χ4v) is 4.31. The van der Waals surface area contributed by atoms with Crippen molar-refractivity contribution < 1.29 is 54.9 Å². The van der Waals surface area contributed by atoms with Crippen LogP contribution in [0.3, 0.4) is 0 Å². The van der Waals surface area contributed by atoms with Crippen molar-refractivity contribution >= 4 is 24.1 Å². The van der Waals surface area contributed by atoms with Gasteiger partial charge in [-0.15, -0.1) is 0 Å². The van der Waals surface area contributed by atoms with Crippen LogP contribution in [0.25, 0.3) is 0 Å². The van der Waals surface area contributed by atoms with E-state index in [-0.39, 0.29) is 19.0 Å². The number of guanidine groups is 1. The van der Waals surface area contributed by atoms with Crippen molar-refractivity contribution in [1.82, 2.24) is 20.4 Å². The Hall–Kier alpha value is -2.74. The zero-order valence-corrected chi connectivity index (χ0v) is 22.1. The topological polar surface area (TPSA) is 282 Å². The lowest BCUT2D eigenvalue weighted by Crippen LogP contribution is -2.68. The molecule has 2 amide bonds. The summed E-state index contributed by atoms with van der Waals surface area (Å²) in [5, 5.41) is 84.0. The second-order valence-electron chi connectivity index (χ2n) is 9.83. The molecule has 2 heterocycles. The van der Waals surface area contributed by atoms with E-state index in [9.17, 15) is 50.1 Å². The van der Waals surface area contributed by atoms with Gasteiger partial charge in [-0.05, 0) is 13.8 Å². The maximum Gasteiger partial charge on any atom is 0.246 e. The third-order valence-corrected chi connectivity index (χ3v) is 6.66. The predicted octanol–water partition coefficient (Wildman–Crippen LogP) is -6.57. The number of hydrogen-bond acceptors (Lipinski definition) is 13. The van der Waals surface area contributed by atoms with Gasteiger partial charge in [-0.1, -0.05) is 11.6 Å². The van der Waals surface area contributed by atoms with Gasteiger partial charge in [0.15, 0.2) is 12.2 Å². The lowest BCUT2D eigenvalue weighted by atomic mass is 9.95. The summed E-state index contributed by atoms with van der Waals surface area (Å²) >= 11 is 0. The molecule has 0 bridgehead atoms. The minimum absolute atomic E-state index is 0.142. The Balaban J connectivity index is 2.52. The molecule has 0 aliphatic carbocycles. The summed E-state index contributed by atoms with van der Waals surface area (Å²) in [6.07, 6.45) is -7.09. The van der Waals surface area contributed by atoms with Crippen LogP contribution in [0, 0.1) is 5.41 Å². The van der Waals surface area contributed by atoms with Gasteiger partial charge in [-0.25, -0.2) is 0 Å². The van der Waals surface area contributed by atoms with Crippen LogP contribution in [-0.2, 0) is 19.1 Å². The summed E-state index contributed by atoms with van der Waals surface area (Å²) < 4.78 is 5.61. The highest BCUT2D eigenvalue weighted by atomic mass is 16.6. The molecule has 2 saturated heterocycles. The predicted molar refractivity (Wildman–Crippen MR) is 136 cm³/mol. The van der Waals surface area contributed by atoms with Gasteiger partial charge in [0.25, 0.3) is 0 Å². The molecule has 0 aromatic carbocycles. The van der Waals surface area contributed by atoms with E-state index in [1.165, 1.54) is 11.2 Å². The van der Waals surface area contributed by atoms with Crippen molar-refractivity contribution in [3.05, 3.63) is 11.6 Å². The first-order chi connectivity index (χ1) is 18.8. The Bertz CT molecular complexity index is 933. The Morgan fingerprint density at radius 3 is 2.30 bits per heavy atom. The summed E-state index contributed by atoms with van der Waals surface area (Å²) in [6, 6.07) is -6.19. The Morgan fingerprint density at radius 1 is 1.12 bits per heavy atom. The zero-order valence-electron chi connectivity index (χ0n) is 22.1. The number of nitrogens with one attached hydrogen (secondary N) is 3.